The lowest BCUT2D eigenvalue weighted by molar-refractivity contribution is -0.274. The molecule has 0 aliphatic rings. The Kier molecular flexibility index (Phi) is 6.57. The smallest absolute Gasteiger partial charge is 0.406 e. The summed E-state index contributed by atoms with van der Waals surface area (Å²) in [5, 5.41) is 5.95. The summed E-state index contributed by atoms with van der Waals surface area (Å²) in [7, 11) is 0. The van der Waals surface area contributed by atoms with Gasteiger partial charge >= 0.3 is 6.36 Å². The normalized spacial score (nSPS) is 12.4. The molecular formula is C21H19F5N4O. The third-order valence-corrected chi connectivity index (χ3v) is 4.27. The molecule has 164 valence electrons. The molecule has 0 saturated heterocycles. The van der Waals surface area contributed by atoms with E-state index in [1.54, 1.807) is 6.07 Å². The summed E-state index contributed by atoms with van der Waals surface area (Å²) in [6.07, 6.45) is -4.05. The SMILES string of the molecule is CC[C@H](C)Nc1nc(Nc2ccc(F)c(F)c2)cc(-c2cccc(OC(F)(F)F)c2)n1. The molecule has 3 aromatic rings. The van der Waals surface area contributed by atoms with Gasteiger partial charge in [0.1, 0.15) is 11.6 Å². The molecule has 0 spiro atoms. The monoisotopic (exact) mass is 438 g/mol. The zero-order valence-corrected chi connectivity index (χ0v) is 16.6. The summed E-state index contributed by atoms with van der Waals surface area (Å²) >= 11 is 0. The molecule has 0 unspecified atom stereocenters. The summed E-state index contributed by atoms with van der Waals surface area (Å²) in [5.74, 6) is -1.96. The molecule has 2 aromatic carbocycles. The summed E-state index contributed by atoms with van der Waals surface area (Å²) < 4.78 is 68.4. The second kappa shape index (κ2) is 9.15. The van der Waals surface area contributed by atoms with Crippen LogP contribution in [0.4, 0.5) is 39.4 Å². The van der Waals surface area contributed by atoms with Crippen LogP contribution in [0.2, 0.25) is 0 Å². The first-order valence-electron chi connectivity index (χ1n) is 9.37. The van der Waals surface area contributed by atoms with Gasteiger partial charge in [-0.3, -0.25) is 0 Å². The molecule has 0 amide bonds. The van der Waals surface area contributed by atoms with Crippen LogP contribution in [-0.4, -0.2) is 22.4 Å². The molecule has 0 fully saturated rings. The van der Waals surface area contributed by atoms with Crippen LogP contribution in [0.3, 0.4) is 0 Å². The van der Waals surface area contributed by atoms with Gasteiger partial charge in [0, 0.05) is 29.4 Å². The summed E-state index contributed by atoms with van der Waals surface area (Å²) in [4.78, 5) is 8.68. The van der Waals surface area contributed by atoms with Gasteiger partial charge in [-0.05, 0) is 37.6 Å². The van der Waals surface area contributed by atoms with Crippen molar-refractivity contribution >= 4 is 17.5 Å². The minimum atomic E-state index is -4.83. The van der Waals surface area contributed by atoms with Gasteiger partial charge in [0.25, 0.3) is 0 Å². The van der Waals surface area contributed by atoms with Gasteiger partial charge in [0.2, 0.25) is 5.95 Å². The number of aromatic nitrogens is 2. The fourth-order valence-corrected chi connectivity index (χ4v) is 2.62. The number of benzene rings is 2. The minimum Gasteiger partial charge on any atom is -0.406 e. The van der Waals surface area contributed by atoms with E-state index >= 15 is 0 Å². The van der Waals surface area contributed by atoms with Crippen molar-refractivity contribution in [1.29, 1.82) is 0 Å². The highest BCUT2D eigenvalue weighted by molar-refractivity contribution is 5.68. The lowest BCUT2D eigenvalue weighted by Crippen LogP contribution is -2.17. The fraction of sp³-hybridized carbons (Fsp3) is 0.238. The molecule has 0 aliphatic heterocycles. The van der Waals surface area contributed by atoms with Crippen molar-refractivity contribution < 1.29 is 26.7 Å². The van der Waals surface area contributed by atoms with E-state index in [4.69, 9.17) is 0 Å². The molecule has 0 radical (unpaired) electrons. The zero-order chi connectivity index (χ0) is 22.6. The number of alkyl halides is 3. The predicted molar refractivity (Wildman–Crippen MR) is 107 cm³/mol. The predicted octanol–water partition coefficient (Wildman–Crippen LogP) is 6.27. The maximum atomic E-state index is 13.5. The zero-order valence-electron chi connectivity index (χ0n) is 16.6. The van der Waals surface area contributed by atoms with Crippen LogP contribution >= 0.6 is 0 Å². The molecule has 0 aliphatic carbocycles. The van der Waals surface area contributed by atoms with Crippen molar-refractivity contribution in [3.63, 3.8) is 0 Å². The summed E-state index contributed by atoms with van der Waals surface area (Å²) in [5.41, 5.74) is 0.899. The third-order valence-electron chi connectivity index (χ3n) is 4.27. The van der Waals surface area contributed by atoms with E-state index in [2.05, 4.69) is 25.3 Å². The topological polar surface area (TPSA) is 59.1 Å². The molecule has 0 saturated carbocycles. The van der Waals surface area contributed by atoms with Crippen molar-refractivity contribution in [2.75, 3.05) is 10.6 Å². The highest BCUT2D eigenvalue weighted by Crippen LogP contribution is 2.29. The average Bonchev–Trinajstić information content (AvgIpc) is 2.69. The maximum absolute atomic E-state index is 13.5. The first-order chi connectivity index (χ1) is 14.6. The van der Waals surface area contributed by atoms with Crippen molar-refractivity contribution in [2.24, 2.45) is 0 Å². The molecule has 5 nitrogen and oxygen atoms in total. The van der Waals surface area contributed by atoms with Crippen molar-refractivity contribution in [1.82, 2.24) is 9.97 Å². The highest BCUT2D eigenvalue weighted by Gasteiger charge is 2.31. The third kappa shape index (κ3) is 6.27. The fourth-order valence-electron chi connectivity index (χ4n) is 2.62. The van der Waals surface area contributed by atoms with E-state index in [9.17, 15) is 22.0 Å². The molecule has 1 heterocycles. The Morgan fingerprint density at radius 2 is 1.77 bits per heavy atom. The van der Waals surface area contributed by atoms with E-state index < -0.39 is 23.7 Å². The number of rotatable bonds is 7. The molecule has 0 bridgehead atoms. The van der Waals surface area contributed by atoms with E-state index in [0.717, 1.165) is 18.6 Å². The van der Waals surface area contributed by atoms with Gasteiger partial charge in [0.05, 0.1) is 5.69 Å². The van der Waals surface area contributed by atoms with Crippen LogP contribution in [-0.2, 0) is 0 Å². The molecular weight excluding hydrogens is 419 g/mol. The van der Waals surface area contributed by atoms with Crippen LogP contribution in [0.15, 0.2) is 48.5 Å². The molecule has 2 N–H and O–H groups in total. The standard InChI is InChI=1S/C21H19F5N4O/c1-3-12(2)27-20-29-18(13-5-4-6-15(9-13)31-21(24,25)26)11-19(30-20)28-14-7-8-16(22)17(23)10-14/h4-12H,3H2,1-2H3,(H2,27,28,29,30)/t12-/m0/s1. The largest absolute Gasteiger partial charge is 0.573 e. The first kappa shape index (κ1) is 22.3. The Balaban J connectivity index is 1.99. The van der Waals surface area contributed by atoms with E-state index in [1.807, 2.05) is 13.8 Å². The van der Waals surface area contributed by atoms with E-state index in [0.29, 0.717) is 11.3 Å². The van der Waals surface area contributed by atoms with Crippen LogP contribution in [0.25, 0.3) is 11.3 Å². The van der Waals surface area contributed by atoms with E-state index in [-0.39, 0.29) is 23.5 Å². The van der Waals surface area contributed by atoms with Crippen molar-refractivity contribution in [2.45, 2.75) is 32.7 Å². The molecule has 10 heteroatoms. The van der Waals surface area contributed by atoms with Gasteiger partial charge in [0.15, 0.2) is 11.6 Å². The Morgan fingerprint density at radius 1 is 1.00 bits per heavy atom. The van der Waals surface area contributed by atoms with Gasteiger partial charge in [-0.2, -0.15) is 4.98 Å². The lowest BCUT2D eigenvalue weighted by Gasteiger charge is -2.15. The highest BCUT2D eigenvalue weighted by atomic mass is 19.4. The lowest BCUT2D eigenvalue weighted by atomic mass is 10.1. The second-order valence-corrected chi connectivity index (χ2v) is 6.75. The Bertz CT molecular complexity index is 1060. The number of hydrogen-bond acceptors (Lipinski definition) is 5. The molecule has 31 heavy (non-hydrogen) atoms. The van der Waals surface area contributed by atoms with Crippen LogP contribution in [0.5, 0.6) is 5.75 Å². The average molecular weight is 438 g/mol. The van der Waals surface area contributed by atoms with Gasteiger partial charge in [-0.15, -0.1) is 13.2 Å². The van der Waals surface area contributed by atoms with Crippen LogP contribution < -0.4 is 15.4 Å². The van der Waals surface area contributed by atoms with Gasteiger partial charge < -0.3 is 15.4 Å². The number of hydrogen-bond donors (Lipinski definition) is 2. The number of anilines is 3. The minimum absolute atomic E-state index is 0.0197. The van der Waals surface area contributed by atoms with Crippen molar-refractivity contribution in [3.8, 4) is 17.0 Å². The van der Waals surface area contributed by atoms with Gasteiger partial charge in [-0.25, -0.2) is 13.8 Å². The Morgan fingerprint density at radius 3 is 2.45 bits per heavy atom. The summed E-state index contributed by atoms with van der Waals surface area (Å²) in [6, 6.07) is 10.1. The van der Waals surface area contributed by atoms with Gasteiger partial charge in [-0.1, -0.05) is 19.1 Å². The van der Waals surface area contributed by atoms with Crippen LogP contribution in [0.1, 0.15) is 20.3 Å². The molecule has 3 rings (SSSR count). The molecule has 1 aromatic heterocycles. The number of ether oxygens (including phenoxy) is 1. The van der Waals surface area contributed by atoms with Crippen molar-refractivity contribution in [3.05, 3.63) is 60.2 Å². The Labute approximate surface area is 175 Å². The maximum Gasteiger partial charge on any atom is 0.573 e. The first-order valence-corrected chi connectivity index (χ1v) is 9.37. The Hall–Kier alpha value is -3.43. The second-order valence-electron chi connectivity index (χ2n) is 6.75. The quantitative estimate of drug-likeness (QED) is 0.426. The van der Waals surface area contributed by atoms with E-state index in [1.165, 1.54) is 30.3 Å². The molecule has 1 atom stereocenters. The number of nitrogens with zero attached hydrogens (tertiary/aromatic N) is 2. The summed E-state index contributed by atoms with van der Waals surface area (Å²) in [6.45, 7) is 3.87. The van der Waals surface area contributed by atoms with Crippen LogP contribution in [0, 0.1) is 11.6 Å². The number of nitrogens with one attached hydrogen (secondary N) is 2. The number of halogens is 5.